The van der Waals surface area contributed by atoms with Gasteiger partial charge < -0.3 is 4.90 Å². The average molecular weight is 354 g/mol. The smallest absolute Gasteiger partial charge is 0.282 e. The van der Waals surface area contributed by atoms with Gasteiger partial charge >= 0.3 is 0 Å². The lowest BCUT2D eigenvalue weighted by Crippen LogP contribution is -2.51. The number of hydrogen-bond donors (Lipinski definition) is 0. The van der Waals surface area contributed by atoms with Gasteiger partial charge in [0.05, 0.1) is 11.7 Å². The zero-order valence-corrected chi connectivity index (χ0v) is 14.8. The molecular formula is C20H23FN4O. The predicted octanol–water partition coefficient (Wildman–Crippen LogP) is 3.89. The van der Waals surface area contributed by atoms with Crippen LogP contribution in [0.3, 0.4) is 0 Å². The van der Waals surface area contributed by atoms with Crippen LogP contribution in [-0.4, -0.2) is 38.7 Å². The van der Waals surface area contributed by atoms with Gasteiger partial charge in [-0.05, 0) is 37.0 Å². The summed E-state index contributed by atoms with van der Waals surface area (Å²) in [6, 6.07) is 3.96. The molecule has 0 bridgehead atoms. The number of aromatic nitrogens is 3. The van der Waals surface area contributed by atoms with E-state index in [1.807, 2.05) is 16.8 Å². The lowest BCUT2D eigenvalue weighted by Gasteiger charge is -2.38. The van der Waals surface area contributed by atoms with E-state index < -0.39 is 11.7 Å². The van der Waals surface area contributed by atoms with Crippen molar-refractivity contribution in [2.45, 2.75) is 38.1 Å². The summed E-state index contributed by atoms with van der Waals surface area (Å²) in [5.74, 6) is -0.918. The molecule has 2 aromatic heterocycles. The Morgan fingerprint density at radius 3 is 2.77 bits per heavy atom. The van der Waals surface area contributed by atoms with Crippen LogP contribution in [0, 0.1) is 5.92 Å². The summed E-state index contributed by atoms with van der Waals surface area (Å²) >= 11 is 0. The summed E-state index contributed by atoms with van der Waals surface area (Å²) in [6.07, 6.45) is 12.6. The molecule has 5 nitrogen and oxygen atoms in total. The number of allylic oxidation sites excluding steroid dienone is 1. The Balaban J connectivity index is 1.56. The first-order valence-corrected chi connectivity index (χ1v) is 9.28. The molecule has 1 amide bonds. The summed E-state index contributed by atoms with van der Waals surface area (Å²) in [7, 11) is 0. The molecule has 1 aliphatic carbocycles. The molecule has 2 aliphatic rings. The number of nitrogens with zero attached hydrogens (tertiary/aromatic N) is 4. The van der Waals surface area contributed by atoms with Crippen molar-refractivity contribution in [3.8, 4) is 0 Å². The molecule has 6 heteroatoms. The maximum Gasteiger partial charge on any atom is 0.282 e. The molecule has 2 fully saturated rings. The number of carbonyl (C=O) groups excluding carboxylic acids is 1. The van der Waals surface area contributed by atoms with E-state index in [-0.39, 0.29) is 6.04 Å². The minimum Gasteiger partial charge on any atom is -0.332 e. The Hall–Kier alpha value is -2.50. The van der Waals surface area contributed by atoms with E-state index in [0.29, 0.717) is 19.0 Å². The van der Waals surface area contributed by atoms with Crippen molar-refractivity contribution in [2.75, 3.05) is 13.1 Å². The lowest BCUT2D eigenvalue weighted by molar-refractivity contribution is -0.134. The average Bonchev–Trinajstić information content (AvgIpc) is 2.98. The molecule has 2 aromatic rings. The van der Waals surface area contributed by atoms with Gasteiger partial charge in [0.15, 0.2) is 11.5 Å². The molecule has 0 aromatic carbocycles. The predicted molar refractivity (Wildman–Crippen MR) is 99.0 cm³/mol. The van der Waals surface area contributed by atoms with Gasteiger partial charge in [-0.25, -0.2) is 14.1 Å². The molecule has 1 saturated carbocycles. The van der Waals surface area contributed by atoms with Gasteiger partial charge in [0.2, 0.25) is 0 Å². The highest BCUT2D eigenvalue weighted by atomic mass is 19.1. The van der Waals surface area contributed by atoms with Crippen LogP contribution >= 0.6 is 0 Å². The van der Waals surface area contributed by atoms with Crippen molar-refractivity contribution in [3.05, 3.63) is 42.5 Å². The van der Waals surface area contributed by atoms with Gasteiger partial charge in [0, 0.05) is 24.7 Å². The van der Waals surface area contributed by atoms with Gasteiger partial charge in [-0.15, -0.1) is 0 Å². The minimum atomic E-state index is -0.914. The standard InChI is InChI=1S/C20H23FN4O/c1-14(21)20(26)24-12-16(13-24)25-19-17(8-5-11-22-19)18(23-25)10-9-15-6-3-2-4-7-15/h5,8-11,15-16H,1-4,6-7,12-13H2. The van der Waals surface area contributed by atoms with Crippen LogP contribution in [0.2, 0.25) is 0 Å². The van der Waals surface area contributed by atoms with E-state index in [9.17, 15) is 9.18 Å². The van der Waals surface area contributed by atoms with Gasteiger partial charge in [0.1, 0.15) is 0 Å². The number of carbonyl (C=O) groups is 1. The third kappa shape index (κ3) is 3.16. The molecule has 0 spiro atoms. The van der Waals surface area contributed by atoms with Gasteiger partial charge in [-0.2, -0.15) is 5.10 Å². The largest absolute Gasteiger partial charge is 0.332 e. The van der Waals surface area contributed by atoms with Crippen molar-refractivity contribution in [3.63, 3.8) is 0 Å². The monoisotopic (exact) mass is 354 g/mol. The van der Waals surface area contributed by atoms with Gasteiger partial charge in [-0.3, -0.25) is 4.79 Å². The zero-order valence-electron chi connectivity index (χ0n) is 14.8. The second-order valence-corrected chi connectivity index (χ2v) is 7.23. The highest BCUT2D eigenvalue weighted by molar-refractivity contribution is 5.91. The molecular weight excluding hydrogens is 331 g/mol. The van der Waals surface area contributed by atoms with E-state index >= 15 is 0 Å². The summed E-state index contributed by atoms with van der Waals surface area (Å²) < 4.78 is 14.9. The van der Waals surface area contributed by atoms with Crippen molar-refractivity contribution in [1.29, 1.82) is 0 Å². The van der Waals surface area contributed by atoms with Crippen molar-refractivity contribution in [1.82, 2.24) is 19.7 Å². The van der Waals surface area contributed by atoms with E-state index in [4.69, 9.17) is 5.10 Å². The zero-order chi connectivity index (χ0) is 18.1. The van der Waals surface area contributed by atoms with Crippen molar-refractivity contribution >= 4 is 23.0 Å². The molecule has 0 N–H and O–H groups in total. The van der Waals surface area contributed by atoms with Crippen LogP contribution in [0.1, 0.15) is 43.8 Å². The molecule has 1 saturated heterocycles. The Bertz CT molecular complexity index is 860. The second-order valence-electron chi connectivity index (χ2n) is 7.23. The van der Waals surface area contributed by atoms with Gasteiger partial charge in [-0.1, -0.05) is 31.9 Å². The minimum absolute atomic E-state index is 0.0209. The van der Waals surface area contributed by atoms with Crippen LogP contribution in [-0.2, 0) is 4.79 Å². The highest BCUT2D eigenvalue weighted by Crippen LogP contribution is 2.29. The Morgan fingerprint density at radius 1 is 1.27 bits per heavy atom. The first-order chi connectivity index (χ1) is 12.6. The summed E-state index contributed by atoms with van der Waals surface area (Å²) in [5, 5.41) is 5.76. The summed E-state index contributed by atoms with van der Waals surface area (Å²) in [5.41, 5.74) is 1.73. The third-order valence-electron chi connectivity index (χ3n) is 5.40. The molecule has 1 aliphatic heterocycles. The fourth-order valence-corrected chi connectivity index (χ4v) is 3.88. The highest BCUT2D eigenvalue weighted by Gasteiger charge is 2.35. The van der Waals surface area contributed by atoms with Crippen LogP contribution in [0.25, 0.3) is 17.1 Å². The number of amides is 1. The fraction of sp³-hybridized carbons (Fsp3) is 0.450. The van der Waals surface area contributed by atoms with Crippen LogP contribution in [0.5, 0.6) is 0 Å². The Kier molecular flexibility index (Phi) is 4.57. The molecule has 136 valence electrons. The molecule has 0 atom stereocenters. The second kappa shape index (κ2) is 7.02. The normalized spacial score (nSPS) is 19.2. The summed E-state index contributed by atoms with van der Waals surface area (Å²) in [4.78, 5) is 17.6. The Labute approximate surface area is 152 Å². The number of rotatable bonds is 4. The maximum atomic E-state index is 13.0. The van der Waals surface area contributed by atoms with E-state index in [2.05, 4.69) is 23.7 Å². The fourth-order valence-electron chi connectivity index (χ4n) is 3.88. The van der Waals surface area contributed by atoms with E-state index in [1.54, 1.807) is 6.20 Å². The quantitative estimate of drug-likeness (QED) is 0.783. The van der Waals surface area contributed by atoms with Crippen LogP contribution in [0.4, 0.5) is 4.39 Å². The van der Waals surface area contributed by atoms with Crippen LogP contribution in [0.15, 0.2) is 36.8 Å². The van der Waals surface area contributed by atoms with Crippen molar-refractivity contribution in [2.24, 2.45) is 5.92 Å². The maximum absolute atomic E-state index is 13.0. The van der Waals surface area contributed by atoms with E-state index in [1.165, 1.54) is 37.0 Å². The Morgan fingerprint density at radius 2 is 2.04 bits per heavy atom. The SMILES string of the molecule is C=C(F)C(=O)N1CC(n2nc(C=CC3CCCCC3)c3cccnc32)C1. The molecule has 26 heavy (non-hydrogen) atoms. The third-order valence-corrected chi connectivity index (χ3v) is 5.40. The number of pyridine rings is 1. The first-order valence-electron chi connectivity index (χ1n) is 9.28. The summed E-state index contributed by atoms with van der Waals surface area (Å²) in [6.45, 7) is 3.94. The van der Waals surface area contributed by atoms with Crippen LogP contribution < -0.4 is 0 Å². The molecule has 4 rings (SSSR count). The number of fused-ring (bicyclic) bond motifs is 1. The lowest BCUT2D eigenvalue weighted by atomic mass is 9.89. The first kappa shape index (κ1) is 16.9. The molecule has 3 heterocycles. The number of hydrogen-bond acceptors (Lipinski definition) is 3. The number of halogens is 1. The molecule has 0 unspecified atom stereocenters. The van der Waals surface area contributed by atoms with Gasteiger partial charge in [0.25, 0.3) is 5.91 Å². The molecule has 0 radical (unpaired) electrons. The number of likely N-dealkylation sites (tertiary alicyclic amines) is 1. The topological polar surface area (TPSA) is 51.0 Å². The van der Waals surface area contributed by atoms with Crippen molar-refractivity contribution < 1.29 is 9.18 Å². The van der Waals surface area contributed by atoms with E-state index in [0.717, 1.165) is 16.7 Å².